The van der Waals surface area contributed by atoms with Gasteiger partial charge in [-0.2, -0.15) is 0 Å². The normalized spacial score (nSPS) is 19.5. The van der Waals surface area contributed by atoms with Crippen molar-refractivity contribution in [2.75, 3.05) is 24.6 Å². The van der Waals surface area contributed by atoms with E-state index in [4.69, 9.17) is 4.74 Å². The molecule has 0 aromatic heterocycles. The van der Waals surface area contributed by atoms with Crippen LogP contribution in [-0.2, 0) is 4.74 Å². The van der Waals surface area contributed by atoms with Gasteiger partial charge in [-0.15, -0.1) is 0 Å². The molecule has 3 nitrogen and oxygen atoms in total. The quantitative estimate of drug-likeness (QED) is 0.762. The van der Waals surface area contributed by atoms with Gasteiger partial charge in [0.1, 0.15) is 0 Å². The Bertz CT molecular complexity index is 411. The Morgan fingerprint density at radius 1 is 1.32 bits per heavy atom. The molecule has 0 saturated carbocycles. The molecule has 0 N–H and O–H groups in total. The number of hydrogen-bond acceptors (Lipinski definition) is 3. The number of ketones is 1. The topological polar surface area (TPSA) is 29.5 Å². The molecule has 1 aromatic rings. The Balaban J connectivity index is 2.03. The Morgan fingerprint density at radius 3 is 2.68 bits per heavy atom. The molecule has 1 heterocycles. The molecule has 0 radical (unpaired) electrons. The predicted octanol–water partition coefficient (Wildman–Crippen LogP) is 3.28. The van der Waals surface area contributed by atoms with Crippen LogP contribution < -0.4 is 4.90 Å². The van der Waals surface area contributed by atoms with Crippen molar-refractivity contribution in [1.82, 2.24) is 0 Å². The van der Waals surface area contributed by atoms with Crippen molar-refractivity contribution in [3.63, 3.8) is 0 Å². The van der Waals surface area contributed by atoms with Gasteiger partial charge in [0, 0.05) is 37.4 Å². The number of carbonyl (C=O) groups excluding carboxylic acids is 1. The van der Waals surface area contributed by atoms with E-state index in [1.807, 2.05) is 26.0 Å². The molecule has 0 bridgehead atoms. The summed E-state index contributed by atoms with van der Waals surface area (Å²) in [5.74, 6) is 0.206. The van der Waals surface area contributed by atoms with Crippen molar-refractivity contribution in [2.45, 2.75) is 39.2 Å². The number of rotatable bonds is 5. The number of ether oxygens (including phenoxy) is 1. The van der Waals surface area contributed by atoms with Crippen LogP contribution in [0.3, 0.4) is 0 Å². The molecule has 1 unspecified atom stereocenters. The van der Waals surface area contributed by atoms with Gasteiger partial charge in [0.15, 0.2) is 5.78 Å². The smallest absolute Gasteiger partial charge is 0.162 e. The number of benzene rings is 1. The highest BCUT2D eigenvalue weighted by atomic mass is 16.5. The van der Waals surface area contributed by atoms with Gasteiger partial charge in [0.05, 0.1) is 6.10 Å². The van der Waals surface area contributed by atoms with Crippen molar-refractivity contribution in [2.24, 2.45) is 0 Å². The molecule has 19 heavy (non-hydrogen) atoms. The second-order valence-corrected chi connectivity index (χ2v) is 4.99. The third-order valence-electron chi connectivity index (χ3n) is 3.66. The highest BCUT2D eigenvalue weighted by molar-refractivity contribution is 5.96. The average molecular weight is 261 g/mol. The summed E-state index contributed by atoms with van der Waals surface area (Å²) >= 11 is 0. The number of hydrogen-bond donors (Lipinski definition) is 0. The first-order valence-corrected chi connectivity index (χ1v) is 7.24. The van der Waals surface area contributed by atoms with E-state index in [0.717, 1.165) is 31.7 Å². The van der Waals surface area contributed by atoms with Crippen LogP contribution in [0.2, 0.25) is 0 Å². The first-order chi connectivity index (χ1) is 9.24. The fraction of sp³-hybridized carbons (Fsp3) is 0.562. The molecular formula is C16H23NO2. The van der Waals surface area contributed by atoms with E-state index in [-0.39, 0.29) is 5.78 Å². The van der Waals surface area contributed by atoms with Gasteiger partial charge in [-0.05, 0) is 44.0 Å². The number of Topliss-reactive ketones (excluding diaryl/α,β-unsaturated/α-hetero) is 1. The van der Waals surface area contributed by atoms with Crippen LogP contribution in [0.4, 0.5) is 5.69 Å². The third kappa shape index (κ3) is 3.57. The van der Waals surface area contributed by atoms with Crippen LogP contribution in [0, 0.1) is 0 Å². The molecule has 1 fully saturated rings. The molecule has 0 aliphatic carbocycles. The van der Waals surface area contributed by atoms with Crippen molar-refractivity contribution in [3.8, 4) is 0 Å². The van der Waals surface area contributed by atoms with Gasteiger partial charge in [-0.25, -0.2) is 0 Å². The van der Waals surface area contributed by atoms with Crippen LogP contribution in [0.25, 0.3) is 0 Å². The first-order valence-electron chi connectivity index (χ1n) is 7.24. The monoisotopic (exact) mass is 261 g/mol. The summed E-state index contributed by atoms with van der Waals surface area (Å²) in [7, 11) is 0. The molecule has 2 rings (SSSR count). The Morgan fingerprint density at radius 2 is 2.05 bits per heavy atom. The maximum Gasteiger partial charge on any atom is 0.162 e. The highest BCUT2D eigenvalue weighted by Gasteiger charge is 2.20. The summed E-state index contributed by atoms with van der Waals surface area (Å²) in [5, 5.41) is 0. The number of anilines is 1. The number of nitrogens with zero attached hydrogens (tertiary/aromatic N) is 1. The zero-order valence-corrected chi connectivity index (χ0v) is 11.9. The van der Waals surface area contributed by atoms with Gasteiger partial charge in [0.25, 0.3) is 0 Å². The number of carbonyl (C=O) groups is 1. The first kappa shape index (κ1) is 14.1. The minimum Gasteiger partial charge on any atom is -0.377 e. The van der Waals surface area contributed by atoms with Crippen molar-refractivity contribution in [1.29, 1.82) is 0 Å². The molecule has 1 saturated heterocycles. The van der Waals surface area contributed by atoms with Crippen LogP contribution in [0.1, 0.15) is 43.5 Å². The van der Waals surface area contributed by atoms with E-state index >= 15 is 0 Å². The third-order valence-corrected chi connectivity index (χ3v) is 3.66. The van der Waals surface area contributed by atoms with Crippen LogP contribution in [0.15, 0.2) is 24.3 Å². The molecular weight excluding hydrogens is 238 g/mol. The minimum atomic E-state index is 0.206. The predicted molar refractivity (Wildman–Crippen MR) is 77.9 cm³/mol. The molecule has 0 amide bonds. The lowest BCUT2D eigenvalue weighted by molar-refractivity contribution is 0.0526. The van der Waals surface area contributed by atoms with E-state index in [2.05, 4.69) is 17.0 Å². The number of piperidine rings is 1. The standard InChI is InChI=1S/C16H23NO2/c1-3-16(18)13-7-9-14(10-8-13)17-11-5-6-15(12-17)19-4-2/h7-10,15H,3-6,11-12H2,1-2H3. The van der Waals surface area contributed by atoms with Gasteiger partial charge >= 0.3 is 0 Å². The van der Waals surface area contributed by atoms with Gasteiger partial charge in [0.2, 0.25) is 0 Å². The zero-order chi connectivity index (χ0) is 13.7. The van der Waals surface area contributed by atoms with Crippen LogP contribution in [0.5, 0.6) is 0 Å². The van der Waals surface area contributed by atoms with Crippen molar-refractivity contribution < 1.29 is 9.53 Å². The summed E-state index contributed by atoms with van der Waals surface area (Å²) in [6.07, 6.45) is 3.22. The molecule has 0 spiro atoms. The Labute approximate surface area is 115 Å². The fourth-order valence-electron chi connectivity index (χ4n) is 2.61. The SMILES string of the molecule is CCOC1CCCN(c2ccc(C(=O)CC)cc2)C1. The summed E-state index contributed by atoms with van der Waals surface area (Å²) in [4.78, 5) is 14.0. The average Bonchev–Trinajstić information content (AvgIpc) is 2.47. The fourth-order valence-corrected chi connectivity index (χ4v) is 2.61. The van der Waals surface area contributed by atoms with Gasteiger partial charge < -0.3 is 9.64 Å². The molecule has 3 heteroatoms. The van der Waals surface area contributed by atoms with E-state index in [0.29, 0.717) is 12.5 Å². The van der Waals surface area contributed by atoms with Crippen LogP contribution >= 0.6 is 0 Å². The van der Waals surface area contributed by atoms with Gasteiger partial charge in [-0.3, -0.25) is 4.79 Å². The maximum atomic E-state index is 11.6. The van der Waals surface area contributed by atoms with E-state index in [9.17, 15) is 4.79 Å². The molecule has 1 aliphatic rings. The van der Waals surface area contributed by atoms with Gasteiger partial charge in [-0.1, -0.05) is 6.92 Å². The molecule has 1 atom stereocenters. The molecule has 1 aromatic carbocycles. The van der Waals surface area contributed by atoms with E-state index < -0.39 is 0 Å². The zero-order valence-electron chi connectivity index (χ0n) is 11.9. The summed E-state index contributed by atoms with van der Waals surface area (Å²) in [5.41, 5.74) is 2.00. The summed E-state index contributed by atoms with van der Waals surface area (Å²) in [6, 6.07) is 7.98. The van der Waals surface area contributed by atoms with E-state index in [1.165, 1.54) is 12.1 Å². The maximum absolute atomic E-state index is 11.6. The van der Waals surface area contributed by atoms with Crippen LogP contribution in [-0.4, -0.2) is 31.6 Å². The molecule has 104 valence electrons. The van der Waals surface area contributed by atoms with E-state index in [1.54, 1.807) is 0 Å². The minimum absolute atomic E-state index is 0.206. The lowest BCUT2D eigenvalue weighted by atomic mass is 10.1. The largest absolute Gasteiger partial charge is 0.377 e. The second-order valence-electron chi connectivity index (χ2n) is 4.99. The lowest BCUT2D eigenvalue weighted by Crippen LogP contribution is -2.39. The summed E-state index contributed by atoms with van der Waals surface area (Å²) in [6.45, 7) is 6.75. The second kappa shape index (κ2) is 6.71. The molecule has 1 aliphatic heterocycles. The van der Waals surface area contributed by atoms with Crippen molar-refractivity contribution in [3.05, 3.63) is 29.8 Å². The Kier molecular flexibility index (Phi) is 4.97. The van der Waals surface area contributed by atoms with Crippen molar-refractivity contribution >= 4 is 11.5 Å². The Hall–Kier alpha value is -1.35. The lowest BCUT2D eigenvalue weighted by Gasteiger charge is -2.34. The highest BCUT2D eigenvalue weighted by Crippen LogP contribution is 2.22. The summed E-state index contributed by atoms with van der Waals surface area (Å²) < 4.78 is 5.72.